The smallest absolute Gasteiger partial charge is 0.269 e. The van der Waals surface area contributed by atoms with Crippen LogP contribution in [0.15, 0.2) is 57.8 Å². The maximum absolute atomic E-state index is 13.8. The third-order valence-corrected chi connectivity index (χ3v) is 5.95. The summed E-state index contributed by atoms with van der Waals surface area (Å²) in [4.78, 5) is 24.0. The summed E-state index contributed by atoms with van der Waals surface area (Å²) in [5.74, 6) is -1.51. The van der Waals surface area contributed by atoms with Gasteiger partial charge >= 0.3 is 0 Å². The second-order valence-corrected chi connectivity index (χ2v) is 8.49. The number of nitrogens with two attached hydrogens (primary N) is 1. The minimum Gasteiger partial charge on any atom is -0.487 e. The van der Waals surface area contributed by atoms with Crippen molar-refractivity contribution in [2.75, 3.05) is 0 Å². The van der Waals surface area contributed by atoms with Crippen molar-refractivity contribution in [3.8, 4) is 5.75 Å². The highest BCUT2D eigenvalue weighted by Gasteiger charge is 2.14. The number of rotatable bonds is 9. The lowest BCUT2D eigenvalue weighted by Gasteiger charge is -2.15. The minimum absolute atomic E-state index is 0.141. The molecule has 1 amide bonds. The molecule has 0 fully saturated rings. The number of aromatic nitrogens is 1. The number of benzene rings is 2. The number of hydrogen-bond acceptors (Lipinski definition) is 4. The number of primary amides is 1. The Morgan fingerprint density at radius 3 is 2.45 bits per heavy atom. The summed E-state index contributed by atoms with van der Waals surface area (Å²) in [7, 11) is 0. The van der Waals surface area contributed by atoms with Crippen LogP contribution in [0.2, 0.25) is 0 Å². The Balaban J connectivity index is 1.71. The lowest BCUT2D eigenvalue weighted by Crippen LogP contribution is -2.38. The van der Waals surface area contributed by atoms with Crippen molar-refractivity contribution in [3.63, 3.8) is 0 Å². The molecular formula is C24H24BrF2N3O3. The van der Waals surface area contributed by atoms with Crippen LogP contribution in [0.3, 0.4) is 0 Å². The maximum atomic E-state index is 13.8. The number of hydrogen-bond donors (Lipinski definition) is 2. The molecular weight excluding hydrogens is 496 g/mol. The minimum atomic E-state index is -0.709. The average Bonchev–Trinajstić information content (AvgIpc) is 2.78. The summed E-state index contributed by atoms with van der Waals surface area (Å²) in [6, 6.07) is 12.2. The van der Waals surface area contributed by atoms with Gasteiger partial charge in [0.15, 0.2) is 0 Å². The van der Waals surface area contributed by atoms with Gasteiger partial charge in [-0.3, -0.25) is 9.59 Å². The highest BCUT2D eigenvalue weighted by atomic mass is 79.9. The van der Waals surface area contributed by atoms with Crippen LogP contribution in [0.4, 0.5) is 8.78 Å². The highest BCUT2D eigenvalue weighted by molar-refractivity contribution is 9.10. The topological polar surface area (TPSA) is 86.3 Å². The van der Waals surface area contributed by atoms with Crippen LogP contribution in [0.1, 0.15) is 29.3 Å². The number of ether oxygens (including phenoxy) is 1. The molecule has 9 heteroatoms. The quantitative estimate of drug-likeness (QED) is 0.450. The number of carbonyl (C=O) groups is 1. The van der Waals surface area contributed by atoms with Gasteiger partial charge in [-0.15, -0.1) is 0 Å². The van der Waals surface area contributed by atoms with Gasteiger partial charge in [0.1, 0.15) is 28.5 Å². The van der Waals surface area contributed by atoms with Crippen molar-refractivity contribution >= 4 is 21.8 Å². The van der Waals surface area contributed by atoms with E-state index in [9.17, 15) is 18.4 Å². The van der Waals surface area contributed by atoms with E-state index < -0.39 is 23.6 Å². The predicted molar refractivity (Wildman–Crippen MR) is 125 cm³/mol. The van der Waals surface area contributed by atoms with E-state index in [1.807, 2.05) is 24.3 Å². The van der Waals surface area contributed by atoms with Crippen molar-refractivity contribution in [2.24, 2.45) is 5.73 Å². The zero-order valence-corrected chi connectivity index (χ0v) is 19.8. The lowest BCUT2D eigenvalue weighted by molar-refractivity contribution is -0.119. The molecule has 0 aliphatic carbocycles. The van der Waals surface area contributed by atoms with Crippen molar-refractivity contribution in [1.82, 2.24) is 9.88 Å². The molecule has 33 heavy (non-hydrogen) atoms. The summed E-state index contributed by atoms with van der Waals surface area (Å²) in [5, 5.41) is 3.04. The molecule has 0 aliphatic rings. The fourth-order valence-corrected chi connectivity index (χ4v) is 3.57. The van der Waals surface area contributed by atoms with E-state index in [1.165, 1.54) is 6.07 Å². The molecule has 0 saturated heterocycles. The Morgan fingerprint density at radius 1 is 1.15 bits per heavy atom. The molecule has 6 nitrogen and oxygen atoms in total. The molecule has 1 heterocycles. The van der Waals surface area contributed by atoms with Gasteiger partial charge in [0, 0.05) is 29.9 Å². The first-order chi connectivity index (χ1) is 15.7. The molecule has 0 aliphatic heterocycles. The van der Waals surface area contributed by atoms with Gasteiger partial charge in [-0.25, -0.2) is 8.78 Å². The highest BCUT2D eigenvalue weighted by Crippen LogP contribution is 2.24. The van der Waals surface area contributed by atoms with Crippen LogP contribution >= 0.6 is 15.9 Å². The summed E-state index contributed by atoms with van der Waals surface area (Å²) in [6.45, 7) is 4.19. The monoisotopic (exact) mass is 519 g/mol. The van der Waals surface area contributed by atoms with E-state index in [-0.39, 0.29) is 28.0 Å². The van der Waals surface area contributed by atoms with E-state index in [4.69, 9.17) is 10.5 Å². The standard InChI is InChI=1S/C24H24BrF2N3O3/c1-14-9-21(33-13-18-7-8-19(26)10-20(18)27)22(25)24(32)30(14)12-17-5-3-16(4-6-17)11-29-15(2)23(28)31/h3-10,15,29H,11-13H2,1-2H3,(H2,28,31). The summed E-state index contributed by atoms with van der Waals surface area (Å²) >= 11 is 3.28. The molecule has 1 atom stereocenters. The molecule has 3 rings (SSSR count). The number of pyridine rings is 1. The van der Waals surface area contributed by atoms with Crippen LogP contribution < -0.4 is 21.3 Å². The molecule has 0 radical (unpaired) electrons. The molecule has 1 unspecified atom stereocenters. The van der Waals surface area contributed by atoms with Crippen molar-refractivity contribution < 1.29 is 18.3 Å². The van der Waals surface area contributed by atoms with Gasteiger partial charge in [0.2, 0.25) is 5.91 Å². The average molecular weight is 520 g/mol. The molecule has 0 saturated carbocycles. The second-order valence-electron chi connectivity index (χ2n) is 7.70. The van der Waals surface area contributed by atoms with Gasteiger partial charge < -0.3 is 20.4 Å². The van der Waals surface area contributed by atoms with Crippen molar-refractivity contribution in [1.29, 1.82) is 0 Å². The third-order valence-electron chi connectivity index (χ3n) is 5.22. The van der Waals surface area contributed by atoms with Crippen LogP contribution in [-0.2, 0) is 24.5 Å². The van der Waals surface area contributed by atoms with Crippen molar-refractivity contribution in [2.45, 2.75) is 39.6 Å². The van der Waals surface area contributed by atoms with Crippen LogP contribution in [0.5, 0.6) is 5.75 Å². The van der Waals surface area contributed by atoms with Gasteiger partial charge in [-0.1, -0.05) is 24.3 Å². The Hall–Kier alpha value is -3.04. The Morgan fingerprint density at radius 2 is 1.82 bits per heavy atom. The van der Waals surface area contributed by atoms with Crippen LogP contribution in [-0.4, -0.2) is 16.5 Å². The van der Waals surface area contributed by atoms with E-state index in [0.29, 0.717) is 18.8 Å². The number of aryl methyl sites for hydroxylation is 1. The fourth-order valence-electron chi connectivity index (χ4n) is 3.13. The Bertz CT molecular complexity index is 1210. The second kappa shape index (κ2) is 10.7. The summed E-state index contributed by atoms with van der Waals surface area (Å²) in [6.07, 6.45) is 0. The predicted octanol–water partition coefficient (Wildman–Crippen LogP) is 3.79. The van der Waals surface area contributed by atoms with E-state index in [2.05, 4.69) is 21.2 Å². The van der Waals surface area contributed by atoms with Gasteiger partial charge in [0.25, 0.3) is 5.56 Å². The molecule has 3 N–H and O–H groups in total. The lowest BCUT2D eigenvalue weighted by atomic mass is 10.1. The van der Waals surface area contributed by atoms with E-state index in [1.54, 1.807) is 24.5 Å². The Kier molecular flexibility index (Phi) is 7.99. The molecule has 0 bridgehead atoms. The Labute approximate surface area is 198 Å². The van der Waals surface area contributed by atoms with E-state index in [0.717, 1.165) is 23.3 Å². The number of nitrogens with one attached hydrogen (secondary N) is 1. The fraction of sp³-hybridized carbons (Fsp3) is 0.250. The first kappa shape index (κ1) is 24.6. The first-order valence-electron chi connectivity index (χ1n) is 10.2. The van der Waals surface area contributed by atoms with Crippen molar-refractivity contribution in [3.05, 3.63) is 97.4 Å². The van der Waals surface area contributed by atoms with Gasteiger partial charge in [-0.2, -0.15) is 0 Å². The summed E-state index contributed by atoms with van der Waals surface area (Å²) < 4.78 is 34.4. The summed E-state index contributed by atoms with van der Waals surface area (Å²) in [5.41, 5.74) is 7.71. The van der Waals surface area contributed by atoms with E-state index >= 15 is 0 Å². The molecule has 1 aromatic heterocycles. The largest absolute Gasteiger partial charge is 0.487 e. The first-order valence-corrected chi connectivity index (χ1v) is 11.0. The van der Waals surface area contributed by atoms with Gasteiger partial charge in [0.05, 0.1) is 12.6 Å². The third kappa shape index (κ3) is 6.27. The maximum Gasteiger partial charge on any atom is 0.269 e. The SMILES string of the molecule is Cc1cc(OCc2ccc(F)cc2F)c(Br)c(=O)n1Cc1ccc(CNC(C)C(N)=O)cc1. The van der Waals surface area contributed by atoms with Gasteiger partial charge in [-0.05, 0) is 53.0 Å². The zero-order valence-electron chi connectivity index (χ0n) is 18.2. The number of halogens is 3. The van der Waals surface area contributed by atoms with Crippen LogP contribution in [0.25, 0.3) is 0 Å². The molecule has 3 aromatic rings. The number of amides is 1. The number of nitrogens with zero attached hydrogens (tertiary/aromatic N) is 1. The molecule has 0 spiro atoms. The normalized spacial score (nSPS) is 11.9. The molecule has 174 valence electrons. The number of carbonyl (C=O) groups excluding carboxylic acids is 1. The zero-order chi connectivity index (χ0) is 24.1. The van der Waals surface area contributed by atoms with Crippen LogP contribution in [0, 0.1) is 18.6 Å². The molecule has 2 aromatic carbocycles.